The summed E-state index contributed by atoms with van der Waals surface area (Å²) < 4.78 is 2.35. The van der Waals surface area contributed by atoms with E-state index in [-0.39, 0.29) is 0 Å². The van der Waals surface area contributed by atoms with Crippen LogP contribution in [0.5, 0.6) is 0 Å². The lowest BCUT2D eigenvalue weighted by molar-refractivity contribution is 0.371. The van der Waals surface area contributed by atoms with Crippen LogP contribution in [0.4, 0.5) is 5.82 Å². The molecule has 0 spiro atoms. The van der Waals surface area contributed by atoms with E-state index < -0.39 is 0 Å². The van der Waals surface area contributed by atoms with Gasteiger partial charge in [0.1, 0.15) is 17.5 Å². The highest BCUT2D eigenvalue weighted by Gasteiger charge is 2.20. The topological polar surface area (TPSA) is 74.5 Å². The predicted molar refractivity (Wildman–Crippen MR) is 120 cm³/mol. The number of nitrogens with zero attached hydrogens (tertiary/aromatic N) is 7. The lowest BCUT2D eigenvalue weighted by Gasteiger charge is -2.37. The largest absolute Gasteiger partial charge is 0.357 e. The maximum Gasteiger partial charge on any atom is 0.194 e. The molecule has 0 amide bonds. The molecule has 1 N–H and O–H groups in total. The highest BCUT2D eigenvalue weighted by Crippen LogP contribution is 2.15. The summed E-state index contributed by atoms with van der Waals surface area (Å²) in [5.41, 5.74) is 0. The van der Waals surface area contributed by atoms with Gasteiger partial charge in [-0.15, -0.1) is 10.2 Å². The van der Waals surface area contributed by atoms with Gasteiger partial charge >= 0.3 is 0 Å². The Labute approximate surface area is 179 Å². The molecule has 0 bridgehead atoms. The zero-order chi connectivity index (χ0) is 20.6. The fraction of sp³-hybridized carbons (Fsp3) is 0.636. The highest BCUT2D eigenvalue weighted by atomic mass is 15.4. The molecule has 162 valence electrons. The molecule has 8 nitrogen and oxygen atoms in total. The van der Waals surface area contributed by atoms with Crippen molar-refractivity contribution in [2.75, 3.05) is 44.2 Å². The SMILES string of the molecule is CCNC(=NCCCc1nnc2n1CCCCC2)N1CCN(c2ccccn2)CC1. The number of aliphatic imine (C=N–C) groups is 1. The Hall–Kier alpha value is -2.64. The van der Waals surface area contributed by atoms with Gasteiger partial charge in [-0.1, -0.05) is 12.5 Å². The van der Waals surface area contributed by atoms with E-state index in [0.29, 0.717) is 0 Å². The molecule has 2 aromatic heterocycles. The van der Waals surface area contributed by atoms with E-state index in [4.69, 9.17) is 4.99 Å². The van der Waals surface area contributed by atoms with Crippen molar-refractivity contribution in [3.05, 3.63) is 36.0 Å². The van der Waals surface area contributed by atoms with Crippen molar-refractivity contribution in [3.63, 3.8) is 0 Å². The molecule has 4 rings (SSSR count). The van der Waals surface area contributed by atoms with Crippen LogP contribution in [0.1, 0.15) is 44.3 Å². The van der Waals surface area contributed by atoms with Crippen LogP contribution in [0.3, 0.4) is 0 Å². The molecule has 2 aromatic rings. The van der Waals surface area contributed by atoms with E-state index in [0.717, 1.165) is 82.7 Å². The average Bonchev–Trinajstić information content (AvgIpc) is 3.02. The molecular formula is C22H34N8. The molecule has 0 atom stereocenters. The highest BCUT2D eigenvalue weighted by molar-refractivity contribution is 5.80. The van der Waals surface area contributed by atoms with Crippen LogP contribution < -0.4 is 10.2 Å². The zero-order valence-electron chi connectivity index (χ0n) is 18.1. The second kappa shape index (κ2) is 10.4. The van der Waals surface area contributed by atoms with Crippen molar-refractivity contribution >= 4 is 11.8 Å². The molecule has 2 aliphatic rings. The summed E-state index contributed by atoms with van der Waals surface area (Å²) in [5, 5.41) is 12.3. The van der Waals surface area contributed by atoms with Crippen LogP contribution in [-0.2, 0) is 19.4 Å². The van der Waals surface area contributed by atoms with E-state index in [1.165, 1.54) is 25.1 Å². The van der Waals surface area contributed by atoms with E-state index in [2.05, 4.69) is 53.9 Å². The number of pyridine rings is 1. The summed E-state index contributed by atoms with van der Waals surface area (Å²) in [6.07, 6.45) is 8.66. The van der Waals surface area contributed by atoms with Gasteiger partial charge in [0.05, 0.1) is 0 Å². The van der Waals surface area contributed by atoms with E-state index in [1.807, 2.05) is 12.3 Å². The number of piperazine rings is 1. The van der Waals surface area contributed by atoms with Crippen molar-refractivity contribution in [2.24, 2.45) is 4.99 Å². The van der Waals surface area contributed by atoms with Crippen molar-refractivity contribution < 1.29 is 0 Å². The van der Waals surface area contributed by atoms with E-state index >= 15 is 0 Å². The van der Waals surface area contributed by atoms with Crippen LogP contribution in [0, 0.1) is 0 Å². The normalized spacial score (nSPS) is 17.6. The van der Waals surface area contributed by atoms with Gasteiger partial charge in [-0.25, -0.2) is 4.98 Å². The maximum absolute atomic E-state index is 4.90. The van der Waals surface area contributed by atoms with E-state index in [9.17, 15) is 0 Å². The summed E-state index contributed by atoms with van der Waals surface area (Å²) in [4.78, 5) is 14.1. The number of aryl methyl sites for hydroxylation is 2. The molecule has 0 aliphatic carbocycles. The van der Waals surface area contributed by atoms with Crippen molar-refractivity contribution in [1.29, 1.82) is 0 Å². The fourth-order valence-corrected chi connectivity index (χ4v) is 4.27. The third-order valence-electron chi connectivity index (χ3n) is 5.89. The first kappa shape index (κ1) is 20.6. The zero-order valence-corrected chi connectivity index (χ0v) is 18.1. The summed E-state index contributed by atoms with van der Waals surface area (Å²) in [7, 11) is 0. The third-order valence-corrected chi connectivity index (χ3v) is 5.89. The Bertz CT molecular complexity index is 808. The Kier molecular flexibility index (Phi) is 7.16. The summed E-state index contributed by atoms with van der Waals surface area (Å²) >= 11 is 0. The van der Waals surface area contributed by atoms with Gasteiger partial charge < -0.3 is 19.7 Å². The summed E-state index contributed by atoms with van der Waals surface area (Å²) in [6.45, 7) is 8.75. The number of anilines is 1. The summed E-state index contributed by atoms with van der Waals surface area (Å²) in [6, 6.07) is 6.10. The number of aromatic nitrogens is 4. The number of hydrogen-bond donors (Lipinski definition) is 1. The molecule has 2 aliphatic heterocycles. The van der Waals surface area contributed by atoms with Crippen molar-refractivity contribution in [3.8, 4) is 0 Å². The minimum Gasteiger partial charge on any atom is -0.357 e. The van der Waals surface area contributed by atoms with Gasteiger partial charge in [0, 0.05) is 64.9 Å². The standard InChI is InChI=1S/C22H34N8/c1-2-23-22(29-17-15-28(16-18-29)19-9-5-6-12-24-19)25-13-8-11-21-27-26-20-10-4-3-7-14-30(20)21/h5-6,9,12H,2-4,7-8,10-11,13-18H2,1H3,(H,23,25). The van der Waals surface area contributed by atoms with Crippen molar-refractivity contribution in [2.45, 2.75) is 52.0 Å². The number of nitrogens with one attached hydrogen (secondary N) is 1. The van der Waals surface area contributed by atoms with Crippen LogP contribution in [-0.4, -0.2) is 69.9 Å². The smallest absolute Gasteiger partial charge is 0.194 e. The fourth-order valence-electron chi connectivity index (χ4n) is 4.27. The molecule has 1 saturated heterocycles. The third kappa shape index (κ3) is 5.09. The first-order valence-corrected chi connectivity index (χ1v) is 11.5. The lowest BCUT2D eigenvalue weighted by atomic mass is 10.2. The lowest BCUT2D eigenvalue weighted by Crippen LogP contribution is -2.52. The second-order valence-electron chi connectivity index (χ2n) is 8.00. The molecule has 0 saturated carbocycles. The number of rotatable bonds is 6. The first-order chi connectivity index (χ1) is 14.8. The Morgan fingerprint density at radius 3 is 2.77 bits per heavy atom. The molecule has 8 heteroatoms. The average molecular weight is 411 g/mol. The molecular weight excluding hydrogens is 376 g/mol. The molecule has 0 radical (unpaired) electrons. The number of guanidine groups is 1. The molecule has 1 fully saturated rings. The Balaban J connectivity index is 1.29. The van der Waals surface area contributed by atoms with Crippen LogP contribution in [0.2, 0.25) is 0 Å². The quantitative estimate of drug-likeness (QED) is 0.447. The minimum atomic E-state index is 0.810. The monoisotopic (exact) mass is 410 g/mol. The van der Waals surface area contributed by atoms with Gasteiger partial charge in [-0.05, 0) is 38.3 Å². The molecule has 4 heterocycles. The minimum absolute atomic E-state index is 0.810. The maximum atomic E-state index is 4.90. The van der Waals surface area contributed by atoms with Gasteiger partial charge in [0.2, 0.25) is 0 Å². The number of fused-ring (bicyclic) bond motifs is 1. The van der Waals surface area contributed by atoms with E-state index in [1.54, 1.807) is 0 Å². The van der Waals surface area contributed by atoms with Crippen LogP contribution in [0.25, 0.3) is 0 Å². The first-order valence-electron chi connectivity index (χ1n) is 11.5. The predicted octanol–water partition coefficient (Wildman–Crippen LogP) is 2.12. The van der Waals surface area contributed by atoms with Crippen LogP contribution in [0.15, 0.2) is 29.4 Å². The Morgan fingerprint density at radius 2 is 1.97 bits per heavy atom. The molecule has 0 aromatic carbocycles. The summed E-state index contributed by atoms with van der Waals surface area (Å²) in [5.74, 6) is 4.39. The van der Waals surface area contributed by atoms with Crippen LogP contribution >= 0.6 is 0 Å². The van der Waals surface area contributed by atoms with Gasteiger partial charge in [0.25, 0.3) is 0 Å². The van der Waals surface area contributed by atoms with Crippen molar-refractivity contribution in [1.82, 2.24) is 30.0 Å². The van der Waals surface area contributed by atoms with Gasteiger partial charge in [0.15, 0.2) is 5.96 Å². The van der Waals surface area contributed by atoms with Gasteiger partial charge in [-0.2, -0.15) is 0 Å². The molecule has 30 heavy (non-hydrogen) atoms. The Morgan fingerprint density at radius 1 is 1.07 bits per heavy atom. The second-order valence-corrected chi connectivity index (χ2v) is 8.00. The molecule has 0 unspecified atom stereocenters. The van der Waals surface area contributed by atoms with Gasteiger partial charge in [-0.3, -0.25) is 4.99 Å². The number of hydrogen-bond acceptors (Lipinski definition) is 5.